The fourth-order valence-corrected chi connectivity index (χ4v) is 4.91. The summed E-state index contributed by atoms with van der Waals surface area (Å²) < 4.78 is 33.0. The molecule has 3 rings (SSSR count). The summed E-state index contributed by atoms with van der Waals surface area (Å²) in [4.78, 5) is 12.8. The molecule has 156 valence electrons. The monoisotopic (exact) mass is 416 g/mol. The minimum atomic E-state index is -3.59. The summed E-state index contributed by atoms with van der Waals surface area (Å²) in [7, 11) is -3.59. The Labute approximate surface area is 172 Å². The zero-order valence-corrected chi connectivity index (χ0v) is 17.7. The fraction of sp³-hybridized carbons (Fsp3) is 0.409. The van der Waals surface area contributed by atoms with Crippen molar-refractivity contribution >= 4 is 15.9 Å². The van der Waals surface area contributed by atoms with E-state index in [0.717, 1.165) is 24.2 Å². The molecule has 29 heavy (non-hydrogen) atoms. The van der Waals surface area contributed by atoms with Crippen LogP contribution in [0.15, 0.2) is 53.4 Å². The SMILES string of the molecule is CCOc1ccccc1CNC(=O)c1cccc(S(=O)(=O)N2CCC(C)CC2)c1. The topological polar surface area (TPSA) is 75.7 Å². The summed E-state index contributed by atoms with van der Waals surface area (Å²) in [6.07, 6.45) is 1.72. The van der Waals surface area contributed by atoms with Gasteiger partial charge in [0.05, 0.1) is 11.5 Å². The first-order chi connectivity index (χ1) is 13.9. The zero-order valence-electron chi connectivity index (χ0n) is 16.9. The molecule has 1 N–H and O–H groups in total. The first kappa shape index (κ1) is 21.3. The molecule has 6 nitrogen and oxygen atoms in total. The standard InChI is InChI=1S/C22H28N2O4S/c1-3-28-21-10-5-4-7-19(21)16-23-22(25)18-8-6-9-20(15-18)29(26,27)24-13-11-17(2)12-14-24/h4-10,15,17H,3,11-14,16H2,1-2H3,(H,23,25). The van der Waals surface area contributed by atoms with Crippen LogP contribution in [0.4, 0.5) is 0 Å². The molecule has 0 saturated carbocycles. The average molecular weight is 417 g/mol. The van der Waals surface area contributed by atoms with Gasteiger partial charge in [0.25, 0.3) is 5.91 Å². The predicted molar refractivity (Wildman–Crippen MR) is 112 cm³/mol. The normalized spacial score (nSPS) is 15.8. The van der Waals surface area contributed by atoms with Crippen LogP contribution in [0.2, 0.25) is 0 Å². The van der Waals surface area contributed by atoms with E-state index in [4.69, 9.17) is 4.74 Å². The van der Waals surface area contributed by atoms with Gasteiger partial charge in [0.2, 0.25) is 10.0 Å². The van der Waals surface area contributed by atoms with Gasteiger partial charge in [-0.3, -0.25) is 4.79 Å². The number of ether oxygens (including phenoxy) is 1. The van der Waals surface area contributed by atoms with Gasteiger partial charge in [0.1, 0.15) is 5.75 Å². The Bertz CT molecular complexity index is 951. The summed E-state index contributed by atoms with van der Waals surface area (Å²) in [5, 5.41) is 2.85. The maximum Gasteiger partial charge on any atom is 0.251 e. The van der Waals surface area contributed by atoms with E-state index in [1.165, 1.54) is 10.4 Å². The molecule has 2 aromatic rings. The number of carbonyl (C=O) groups excluding carboxylic acids is 1. The van der Waals surface area contributed by atoms with E-state index < -0.39 is 10.0 Å². The van der Waals surface area contributed by atoms with Gasteiger partial charge >= 0.3 is 0 Å². The second-order valence-electron chi connectivity index (χ2n) is 7.34. The second-order valence-corrected chi connectivity index (χ2v) is 9.28. The summed E-state index contributed by atoms with van der Waals surface area (Å²) in [5.41, 5.74) is 1.19. The molecular weight excluding hydrogens is 388 g/mol. The molecule has 1 saturated heterocycles. The van der Waals surface area contributed by atoms with Crippen LogP contribution < -0.4 is 10.1 Å². The largest absolute Gasteiger partial charge is 0.494 e. The van der Waals surface area contributed by atoms with Crippen LogP contribution >= 0.6 is 0 Å². The van der Waals surface area contributed by atoms with Crippen molar-refractivity contribution in [2.45, 2.75) is 38.1 Å². The van der Waals surface area contributed by atoms with Gasteiger partial charge in [0.15, 0.2) is 0 Å². The Kier molecular flexibility index (Phi) is 6.92. The highest BCUT2D eigenvalue weighted by molar-refractivity contribution is 7.89. The van der Waals surface area contributed by atoms with E-state index in [2.05, 4.69) is 12.2 Å². The Morgan fingerprint density at radius 1 is 1.14 bits per heavy atom. The molecule has 0 spiro atoms. The van der Waals surface area contributed by atoms with Crippen LogP contribution in [0, 0.1) is 5.92 Å². The first-order valence-corrected chi connectivity index (χ1v) is 11.4. The van der Waals surface area contributed by atoms with E-state index >= 15 is 0 Å². The van der Waals surface area contributed by atoms with Gasteiger partial charge in [-0.15, -0.1) is 0 Å². The Balaban J connectivity index is 1.71. The number of carbonyl (C=O) groups is 1. The highest BCUT2D eigenvalue weighted by Gasteiger charge is 2.28. The van der Waals surface area contributed by atoms with Crippen molar-refractivity contribution in [2.24, 2.45) is 5.92 Å². The minimum absolute atomic E-state index is 0.161. The van der Waals surface area contributed by atoms with Crippen LogP contribution in [-0.2, 0) is 16.6 Å². The van der Waals surface area contributed by atoms with Crippen molar-refractivity contribution in [1.29, 1.82) is 0 Å². The molecule has 2 aromatic carbocycles. The van der Waals surface area contributed by atoms with Crippen LogP contribution in [0.1, 0.15) is 42.6 Å². The van der Waals surface area contributed by atoms with E-state index in [9.17, 15) is 13.2 Å². The van der Waals surface area contributed by atoms with Gasteiger partial charge < -0.3 is 10.1 Å². The number of nitrogens with one attached hydrogen (secondary N) is 1. The lowest BCUT2D eigenvalue weighted by Gasteiger charge is -2.29. The highest BCUT2D eigenvalue weighted by atomic mass is 32.2. The number of piperidine rings is 1. The number of sulfonamides is 1. The summed E-state index contributed by atoms with van der Waals surface area (Å²) in [6.45, 7) is 5.93. The number of benzene rings is 2. The van der Waals surface area contributed by atoms with Crippen molar-refractivity contribution in [3.05, 3.63) is 59.7 Å². The van der Waals surface area contributed by atoms with Gasteiger partial charge in [-0.05, 0) is 49.9 Å². The van der Waals surface area contributed by atoms with Gasteiger partial charge in [-0.1, -0.05) is 31.2 Å². The number of nitrogens with zero attached hydrogens (tertiary/aromatic N) is 1. The van der Waals surface area contributed by atoms with Crippen molar-refractivity contribution in [1.82, 2.24) is 9.62 Å². The molecule has 7 heteroatoms. The molecular formula is C22H28N2O4S. The maximum absolute atomic E-state index is 12.9. The van der Waals surface area contributed by atoms with E-state index in [-0.39, 0.29) is 10.8 Å². The lowest BCUT2D eigenvalue weighted by atomic mass is 10.0. The summed E-state index contributed by atoms with van der Waals surface area (Å²) in [5.74, 6) is 0.949. The van der Waals surface area contributed by atoms with Crippen LogP contribution in [-0.4, -0.2) is 38.3 Å². The molecule has 0 bridgehead atoms. The molecule has 1 fully saturated rings. The van der Waals surface area contributed by atoms with Crippen molar-refractivity contribution in [3.63, 3.8) is 0 Å². The van der Waals surface area contributed by atoms with Crippen molar-refractivity contribution in [3.8, 4) is 5.75 Å². The number of amides is 1. The second kappa shape index (κ2) is 9.41. The van der Waals surface area contributed by atoms with Gasteiger partial charge in [-0.25, -0.2) is 8.42 Å². The molecule has 0 unspecified atom stereocenters. The van der Waals surface area contributed by atoms with Crippen molar-refractivity contribution in [2.75, 3.05) is 19.7 Å². The molecule has 0 aromatic heterocycles. The summed E-state index contributed by atoms with van der Waals surface area (Å²) >= 11 is 0. The van der Waals surface area contributed by atoms with Crippen molar-refractivity contribution < 1.29 is 17.9 Å². The Morgan fingerprint density at radius 2 is 1.86 bits per heavy atom. The number of hydrogen-bond acceptors (Lipinski definition) is 4. The molecule has 1 aliphatic heterocycles. The third-order valence-corrected chi connectivity index (χ3v) is 7.08. The predicted octanol–water partition coefficient (Wildman–Crippen LogP) is 3.44. The molecule has 0 aliphatic carbocycles. The molecule has 0 radical (unpaired) electrons. The lowest BCUT2D eigenvalue weighted by Crippen LogP contribution is -2.38. The van der Waals surface area contributed by atoms with E-state index in [1.54, 1.807) is 18.2 Å². The number of hydrogen-bond donors (Lipinski definition) is 1. The highest BCUT2D eigenvalue weighted by Crippen LogP contribution is 2.24. The van der Waals surface area contributed by atoms with Crippen LogP contribution in [0.25, 0.3) is 0 Å². The van der Waals surface area contributed by atoms with Crippen LogP contribution in [0.3, 0.4) is 0 Å². The molecule has 1 aliphatic rings. The Hall–Kier alpha value is -2.38. The minimum Gasteiger partial charge on any atom is -0.494 e. The summed E-state index contributed by atoms with van der Waals surface area (Å²) in [6, 6.07) is 13.8. The fourth-order valence-electron chi connectivity index (χ4n) is 3.40. The first-order valence-electron chi connectivity index (χ1n) is 10.0. The molecule has 1 heterocycles. The third-order valence-electron chi connectivity index (χ3n) is 5.19. The number of rotatable bonds is 7. The lowest BCUT2D eigenvalue weighted by molar-refractivity contribution is 0.0950. The smallest absolute Gasteiger partial charge is 0.251 e. The molecule has 1 amide bonds. The maximum atomic E-state index is 12.9. The zero-order chi connectivity index (χ0) is 20.9. The molecule has 0 atom stereocenters. The van der Waals surface area contributed by atoms with Gasteiger partial charge in [0, 0.05) is 30.8 Å². The Morgan fingerprint density at radius 3 is 2.59 bits per heavy atom. The quantitative estimate of drug-likeness (QED) is 0.750. The van der Waals surface area contributed by atoms with E-state index in [0.29, 0.717) is 37.7 Å². The number of para-hydroxylation sites is 1. The van der Waals surface area contributed by atoms with E-state index in [1.807, 2.05) is 31.2 Å². The average Bonchev–Trinajstić information content (AvgIpc) is 2.73. The third kappa shape index (κ3) is 5.16. The van der Waals surface area contributed by atoms with Crippen LogP contribution in [0.5, 0.6) is 5.75 Å². The van der Waals surface area contributed by atoms with Gasteiger partial charge in [-0.2, -0.15) is 4.31 Å².